The molecule has 4 nitrogen and oxygen atoms in total. The molecule has 3 rings (SSSR count). The molecule has 0 fully saturated rings. The number of carbonyl (C=O) groups is 1. The Morgan fingerprint density at radius 1 is 1.04 bits per heavy atom. The van der Waals surface area contributed by atoms with Gasteiger partial charge in [0.15, 0.2) is 0 Å². The first-order valence-corrected chi connectivity index (χ1v) is 10.4. The summed E-state index contributed by atoms with van der Waals surface area (Å²) >= 11 is 1.33. The van der Waals surface area contributed by atoms with Crippen LogP contribution in [0.5, 0.6) is 0 Å². The maximum Gasteiger partial charge on any atom is 0.260 e. The predicted octanol–water partition coefficient (Wildman–Crippen LogP) is 3.60. The minimum Gasteiger partial charge on any atom is -0.273 e. The van der Waals surface area contributed by atoms with Crippen LogP contribution in [0, 0.1) is 0 Å². The van der Waals surface area contributed by atoms with Gasteiger partial charge in [-0.1, -0.05) is 42.5 Å². The molecule has 0 heterocycles. The van der Waals surface area contributed by atoms with E-state index in [2.05, 4.69) is 4.72 Å². The lowest BCUT2D eigenvalue weighted by Crippen LogP contribution is -2.37. The lowest BCUT2D eigenvalue weighted by molar-refractivity contribution is -0.118. The first kappa shape index (κ1) is 17.8. The third kappa shape index (κ3) is 4.32. The molecule has 2 aromatic rings. The highest BCUT2D eigenvalue weighted by Gasteiger charge is 2.26. The second-order valence-corrected chi connectivity index (χ2v) is 9.00. The Morgan fingerprint density at radius 2 is 1.72 bits per heavy atom. The Hall–Kier alpha value is -2.05. The van der Waals surface area contributed by atoms with Crippen molar-refractivity contribution in [2.24, 2.45) is 0 Å². The molecule has 0 radical (unpaired) electrons. The summed E-state index contributed by atoms with van der Waals surface area (Å²) < 4.78 is 27.3. The van der Waals surface area contributed by atoms with E-state index in [-0.39, 0.29) is 4.91 Å². The average molecular weight is 373 g/mol. The molecule has 6 heteroatoms. The molecule has 130 valence electrons. The smallest absolute Gasteiger partial charge is 0.260 e. The minimum atomic E-state index is -3.81. The number of rotatable bonds is 5. The third-order valence-corrected chi connectivity index (χ3v) is 6.61. The predicted molar refractivity (Wildman–Crippen MR) is 102 cm³/mol. The number of thioether (sulfide) groups is 1. The molecule has 0 saturated heterocycles. The summed E-state index contributed by atoms with van der Waals surface area (Å²) in [7, 11) is -3.81. The van der Waals surface area contributed by atoms with Crippen LogP contribution in [0.15, 0.2) is 64.4 Å². The fourth-order valence-corrected chi connectivity index (χ4v) is 4.84. The van der Waals surface area contributed by atoms with Crippen molar-refractivity contribution >= 4 is 33.8 Å². The second kappa shape index (κ2) is 7.45. The second-order valence-electron chi connectivity index (χ2n) is 5.85. The first-order chi connectivity index (χ1) is 12.0. The summed E-state index contributed by atoms with van der Waals surface area (Å²) in [6.45, 7) is 1.70. The van der Waals surface area contributed by atoms with Crippen LogP contribution in [-0.2, 0) is 21.2 Å². The number of sulfonamides is 1. The number of amides is 1. The molecule has 0 saturated carbocycles. The maximum atomic E-state index is 12.6. The van der Waals surface area contributed by atoms with Crippen molar-refractivity contribution in [3.05, 3.63) is 70.6 Å². The molecule has 2 aromatic carbocycles. The monoisotopic (exact) mass is 373 g/mol. The van der Waals surface area contributed by atoms with Crippen LogP contribution in [0.25, 0.3) is 6.08 Å². The van der Waals surface area contributed by atoms with Crippen molar-refractivity contribution in [2.75, 3.05) is 0 Å². The van der Waals surface area contributed by atoms with Crippen LogP contribution in [-0.4, -0.2) is 19.6 Å². The summed E-state index contributed by atoms with van der Waals surface area (Å²) in [4.78, 5) is 13.5. The Morgan fingerprint density at radius 3 is 2.48 bits per heavy atom. The summed E-state index contributed by atoms with van der Waals surface area (Å²) in [5.74, 6) is -0.506. The van der Waals surface area contributed by atoms with Gasteiger partial charge in [-0.3, -0.25) is 4.79 Å². The van der Waals surface area contributed by atoms with E-state index in [0.717, 1.165) is 16.0 Å². The van der Waals surface area contributed by atoms with Crippen LogP contribution in [0.3, 0.4) is 0 Å². The SMILES string of the molecule is CC(Sc1ccccc1)C(=O)NS(=O)(=O)C1=Cc2ccccc2CC1. The molecule has 1 atom stereocenters. The summed E-state index contributed by atoms with van der Waals surface area (Å²) in [6.07, 6.45) is 2.72. The van der Waals surface area contributed by atoms with Gasteiger partial charge < -0.3 is 0 Å². The van der Waals surface area contributed by atoms with E-state index in [9.17, 15) is 13.2 Å². The highest BCUT2D eigenvalue weighted by molar-refractivity contribution is 8.00. The molecule has 1 aliphatic rings. The molecule has 0 bridgehead atoms. The minimum absolute atomic E-state index is 0.261. The van der Waals surface area contributed by atoms with Gasteiger partial charge in [-0.05, 0) is 49.1 Å². The molecule has 1 unspecified atom stereocenters. The molecular formula is C19H19NO3S2. The molecular weight excluding hydrogens is 354 g/mol. The Labute approximate surface area is 152 Å². The van der Waals surface area contributed by atoms with E-state index in [0.29, 0.717) is 12.8 Å². The Kier molecular flexibility index (Phi) is 5.30. The number of aryl methyl sites for hydroxylation is 1. The lowest BCUT2D eigenvalue weighted by atomic mass is 9.98. The molecule has 25 heavy (non-hydrogen) atoms. The van der Waals surface area contributed by atoms with Crippen LogP contribution < -0.4 is 4.72 Å². The van der Waals surface area contributed by atoms with Crippen LogP contribution >= 0.6 is 11.8 Å². The van der Waals surface area contributed by atoms with Crippen molar-refractivity contribution in [3.63, 3.8) is 0 Å². The largest absolute Gasteiger partial charge is 0.273 e. The fraction of sp³-hybridized carbons (Fsp3) is 0.211. The fourth-order valence-electron chi connectivity index (χ4n) is 2.66. The Balaban J connectivity index is 1.71. The van der Waals surface area contributed by atoms with Crippen molar-refractivity contribution in [1.29, 1.82) is 0 Å². The molecule has 0 aromatic heterocycles. The first-order valence-electron chi connectivity index (χ1n) is 8.02. The van der Waals surface area contributed by atoms with E-state index < -0.39 is 21.2 Å². The zero-order valence-corrected chi connectivity index (χ0v) is 15.4. The molecule has 1 amide bonds. The zero-order valence-electron chi connectivity index (χ0n) is 13.8. The number of benzene rings is 2. The number of allylic oxidation sites excluding steroid dienone is 1. The quantitative estimate of drug-likeness (QED) is 0.814. The maximum absolute atomic E-state index is 12.6. The highest BCUT2D eigenvalue weighted by atomic mass is 32.2. The van der Waals surface area contributed by atoms with Crippen molar-refractivity contribution < 1.29 is 13.2 Å². The van der Waals surface area contributed by atoms with Gasteiger partial charge in [-0.2, -0.15) is 0 Å². The summed E-state index contributed by atoms with van der Waals surface area (Å²) in [5.41, 5.74) is 2.02. The number of fused-ring (bicyclic) bond motifs is 1. The van der Waals surface area contributed by atoms with Crippen molar-refractivity contribution in [1.82, 2.24) is 4.72 Å². The molecule has 0 aliphatic heterocycles. The van der Waals surface area contributed by atoms with E-state index in [1.54, 1.807) is 13.0 Å². The van der Waals surface area contributed by atoms with Crippen molar-refractivity contribution in [2.45, 2.75) is 29.9 Å². The Bertz CT molecular complexity index is 905. The van der Waals surface area contributed by atoms with E-state index >= 15 is 0 Å². The van der Waals surface area contributed by atoms with Gasteiger partial charge >= 0.3 is 0 Å². The standard InChI is InChI=1S/C19H19NO3S2/c1-14(24-17-9-3-2-4-10-17)19(21)20-25(22,23)18-12-11-15-7-5-6-8-16(15)13-18/h2-10,13-14H,11-12H2,1H3,(H,20,21). The van der Waals surface area contributed by atoms with E-state index in [4.69, 9.17) is 0 Å². The van der Waals surface area contributed by atoms with Gasteiger partial charge in [0.2, 0.25) is 5.91 Å². The number of hydrogen-bond acceptors (Lipinski definition) is 4. The lowest BCUT2D eigenvalue weighted by Gasteiger charge is -2.18. The van der Waals surface area contributed by atoms with Gasteiger partial charge in [0.1, 0.15) is 0 Å². The van der Waals surface area contributed by atoms with Crippen molar-refractivity contribution in [3.8, 4) is 0 Å². The van der Waals surface area contributed by atoms with Gasteiger partial charge in [-0.15, -0.1) is 11.8 Å². The highest BCUT2D eigenvalue weighted by Crippen LogP contribution is 2.27. The number of carbonyl (C=O) groups excluding carboxylic acids is 1. The summed E-state index contributed by atoms with van der Waals surface area (Å²) in [5, 5.41) is -0.506. The average Bonchev–Trinajstić information content (AvgIpc) is 2.61. The third-order valence-electron chi connectivity index (χ3n) is 4.02. The zero-order chi connectivity index (χ0) is 17.9. The molecule has 1 N–H and O–H groups in total. The van der Waals surface area contributed by atoms with Crippen LogP contribution in [0.4, 0.5) is 0 Å². The van der Waals surface area contributed by atoms with Gasteiger partial charge in [-0.25, -0.2) is 13.1 Å². The van der Waals surface area contributed by atoms with E-state index in [1.807, 2.05) is 54.6 Å². The topological polar surface area (TPSA) is 63.2 Å². The van der Waals surface area contributed by atoms with Gasteiger partial charge in [0.05, 0.1) is 10.2 Å². The number of nitrogens with one attached hydrogen (secondary N) is 1. The summed E-state index contributed by atoms with van der Waals surface area (Å²) in [6, 6.07) is 17.1. The van der Waals surface area contributed by atoms with Gasteiger partial charge in [0.25, 0.3) is 10.0 Å². The van der Waals surface area contributed by atoms with Gasteiger partial charge in [0, 0.05) is 4.90 Å². The van der Waals surface area contributed by atoms with E-state index in [1.165, 1.54) is 11.8 Å². The normalized spacial score (nSPS) is 15.0. The molecule has 0 spiro atoms. The van der Waals surface area contributed by atoms with Crippen LogP contribution in [0.2, 0.25) is 0 Å². The number of hydrogen-bond donors (Lipinski definition) is 1. The molecule has 1 aliphatic carbocycles. The van der Waals surface area contributed by atoms with Crippen LogP contribution in [0.1, 0.15) is 24.5 Å².